The molecule has 1 aliphatic rings. The van der Waals surface area contributed by atoms with E-state index in [2.05, 4.69) is 25.3 Å². The number of aromatic nitrogens is 4. The van der Waals surface area contributed by atoms with Crippen molar-refractivity contribution in [2.45, 2.75) is 6.42 Å². The molecule has 0 saturated carbocycles. The number of rotatable bonds is 5. The Bertz CT molecular complexity index is 1030. The van der Waals surface area contributed by atoms with Crippen molar-refractivity contribution in [3.05, 3.63) is 64.8 Å². The van der Waals surface area contributed by atoms with Gasteiger partial charge >= 0.3 is 0 Å². The molecule has 8 nitrogen and oxygen atoms in total. The van der Waals surface area contributed by atoms with E-state index in [4.69, 9.17) is 0 Å². The van der Waals surface area contributed by atoms with Crippen molar-refractivity contribution in [2.75, 3.05) is 24.5 Å². The summed E-state index contributed by atoms with van der Waals surface area (Å²) in [5, 5.41) is 7.10. The molecule has 1 atom stereocenters. The third kappa shape index (κ3) is 3.80. The molecule has 4 rings (SSSR count). The minimum Gasteiger partial charge on any atom is -0.370 e. The number of aromatic amines is 1. The lowest BCUT2D eigenvalue weighted by Gasteiger charge is -2.18. The molecule has 8 heteroatoms. The zero-order valence-corrected chi connectivity index (χ0v) is 15.6. The summed E-state index contributed by atoms with van der Waals surface area (Å²) in [6.07, 6.45) is 6.11. The first-order chi connectivity index (χ1) is 13.6. The predicted molar refractivity (Wildman–Crippen MR) is 106 cm³/mol. The number of benzene rings is 1. The van der Waals surface area contributed by atoms with Crippen LogP contribution in [0, 0.1) is 5.92 Å². The zero-order valence-electron chi connectivity index (χ0n) is 15.6. The number of hydrogen-bond acceptors (Lipinski definition) is 5. The van der Waals surface area contributed by atoms with Gasteiger partial charge in [0, 0.05) is 56.3 Å². The third-order valence-corrected chi connectivity index (χ3v) is 5.05. The molecule has 1 fully saturated rings. The first-order valence-electron chi connectivity index (χ1n) is 9.26. The number of aryl methyl sites for hydroxylation is 1. The Labute approximate surface area is 162 Å². The van der Waals surface area contributed by atoms with E-state index in [0.29, 0.717) is 18.0 Å². The van der Waals surface area contributed by atoms with Gasteiger partial charge in [-0.2, -0.15) is 5.10 Å². The molecule has 0 aliphatic carbocycles. The van der Waals surface area contributed by atoms with Gasteiger partial charge in [0.25, 0.3) is 11.5 Å². The maximum Gasteiger partial charge on any atom is 0.268 e. The SMILES string of the molecule is Cn1ncc(N2CCC(CNC(=O)c3cccc(-c4ncc[nH]4)c3)C2)cc1=O. The smallest absolute Gasteiger partial charge is 0.268 e. The molecule has 2 N–H and O–H groups in total. The second kappa shape index (κ2) is 7.67. The molecule has 1 aromatic carbocycles. The summed E-state index contributed by atoms with van der Waals surface area (Å²) in [6, 6.07) is 9.01. The van der Waals surface area contributed by atoms with Crippen LogP contribution in [0.1, 0.15) is 16.8 Å². The van der Waals surface area contributed by atoms with Crippen LogP contribution < -0.4 is 15.8 Å². The first kappa shape index (κ1) is 18.0. The van der Waals surface area contributed by atoms with Crippen LogP contribution in [0.15, 0.2) is 53.7 Å². The number of nitrogens with one attached hydrogen (secondary N) is 2. The number of carbonyl (C=O) groups excluding carboxylic acids is 1. The fraction of sp³-hybridized carbons (Fsp3) is 0.300. The Morgan fingerprint density at radius 1 is 1.36 bits per heavy atom. The van der Waals surface area contributed by atoms with E-state index in [1.54, 1.807) is 37.8 Å². The number of imidazole rings is 1. The highest BCUT2D eigenvalue weighted by Gasteiger charge is 2.24. The molecule has 3 heterocycles. The summed E-state index contributed by atoms with van der Waals surface area (Å²) in [4.78, 5) is 33.7. The van der Waals surface area contributed by atoms with Crippen molar-refractivity contribution in [1.82, 2.24) is 25.1 Å². The van der Waals surface area contributed by atoms with Gasteiger partial charge in [-0.1, -0.05) is 12.1 Å². The topological polar surface area (TPSA) is 95.9 Å². The molecule has 1 aliphatic heterocycles. The predicted octanol–water partition coefficient (Wildman–Crippen LogP) is 1.43. The monoisotopic (exact) mass is 378 g/mol. The van der Waals surface area contributed by atoms with Gasteiger partial charge in [0.05, 0.1) is 11.9 Å². The highest BCUT2D eigenvalue weighted by molar-refractivity contribution is 5.95. The minimum atomic E-state index is -0.120. The van der Waals surface area contributed by atoms with E-state index in [0.717, 1.165) is 36.6 Å². The largest absolute Gasteiger partial charge is 0.370 e. The second-order valence-electron chi connectivity index (χ2n) is 7.00. The van der Waals surface area contributed by atoms with Crippen LogP contribution in [0.3, 0.4) is 0 Å². The maximum absolute atomic E-state index is 12.5. The third-order valence-electron chi connectivity index (χ3n) is 5.05. The van der Waals surface area contributed by atoms with Crippen molar-refractivity contribution in [2.24, 2.45) is 13.0 Å². The fourth-order valence-electron chi connectivity index (χ4n) is 3.44. The molecule has 0 spiro atoms. The lowest BCUT2D eigenvalue weighted by Crippen LogP contribution is -2.31. The van der Waals surface area contributed by atoms with E-state index in [-0.39, 0.29) is 11.5 Å². The lowest BCUT2D eigenvalue weighted by atomic mass is 10.1. The number of carbonyl (C=O) groups is 1. The lowest BCUT2D eigenvalue weighted by molar-refractivity contribution is 0.0948. The maximum atomic E-state index is 12.5. The Morgan fingerprint density at radius 3 is 3.04 bits per heavy atom. The van der Waals surface area contributed by atoms with Gasteiger partial charge in [0.1, 0.15) is 5.82 Å². The summed E-state index contributed by atoms with van der Waals surface area (Å²) < 4.78 is 1.31. The average molecular weight is 378 g/mol. The fourth-order valence-corrected chi connectivity index (χ4v) is 3.44. The molecular weight excluding hydrogens is 356 g/mol. The number of H-pyrrole nitrogens is 1. The average Bonchev–Trinajstić information content (AvgIpc) is 3.40. The van der Waals surface area contributed by atoms with Crippen LogP contribution in [0.5, 0.6) is 0 Å². The molecule has 28 heavy (non-hydrogen) atoms. The van der Waals surface area contributed by atoms with Crippen molar-refractivity contribution < 1.29 is 4.79 Å². The normalized spacial score (nSPS) is 16.3. The summed E-state index contributed by atoms with van der Waals surface area (Å²) in [7, 11) is 1.63. The summed E-state index contributed by atoms with van der Waals surface area (Å²) in [6.45, 7) is 2.24. The molecule has 1 amide bonds. The van der Waals surface area contributed by atoms with Crippen molar-refractivity contribution in [1.29, 1.82) is 0 Å². The van der Waals surface area contributed by atoms with Crippen LogP contribution in [-0.4, -0.2) is 45.3 Å². The Morgan fingerprint density at radius 2 is 2.25 bits per heavy atom. The van der Waals surface area contributed by atoms with Crippen molar-refractivity contribution >= 4 is 11.6 Å². The van der Waals surface area contributed by atoms with Crippen molar-refractivity contribution in [3.8, 4) is 11.4 Å². The van der Waals surface area contributed by atoms with E-state index < -0.39 is 0 Å². The molecular formula is C20H22N6O2. The van der Waals surface area contributed by atoms with Crippen molar-refractivity contribution in [3.63, 3.8) is 0 Å². The van der Waals surface area contributed by atoms with Gasteiger partial charge in [-0.25, -0.2) is 9.67 Å². The quantitative estimate of drug-likeness (QED) is 0.700. The van der Waals surface area contributed by atoms with E-state index in [9.17, 15) is 9.59 Å². The van der Waals surface area contributed by atoms with Crippen LogP contribution in [0.2, 0.25) is 0 Å². The highest BCUT2D eigenvalue weighted by atomic mass is 16.1. The summed E-state index contributed by atoms with van der Waals surface area (Å²) >= 11 is 0. The van der Waals surface area contributed by atoms with Gasteiger partial charge in [-0.05, 0) is 24.5 Å². The van der Waals surface area contributed by atoms with E-state index >= 15 is 0 Å². The minimum absolute atomic E-state index is 0.0953. The molecule has 144 valence electrons. The summed E-state index contributed by atoms with van der Waals surface area (Å²) in [5.41, 5.74) is 2.20. The Kier molecular flexibility index (Phi) is 4.92. The van der Waals surface area contributed by atoms with Crippen LogP contribution >= 0.6 is 0 Å². The molecule has 0 radical (unpaired) electrons. The number of nitrogens with zero attached hydrogens (tertiary/aromatic N) is 4. The van der Waals surface area contributed by atoms with Gasteiger partial charge in [-0.3, -0.25) is 9.59 Å². The zero-order chi connectivity index (χ0) is 19.5. The van der Waals surface area contributed by atoms with Crippen LogP contribution in [0.4, 0.5) is 5.69 Å². The molecule has 1 saturated heterocycles. The van der Waals surface area contributed by atoms with E-state index in [1.807, 2.05) is 18.2 Å². The molecule has 1 unspecified atom stereocenters. The van der Waals surface area contributed by atoms with Gasteiger partial charge < -0.3 is 15.2 Å². The van der Waals surface area contributed by atoms with Gasteiger partial charge in [0.2, 0.25) is 0 Å². The van der Waals surface area contributed by atoms with Gasteiger partial charge in [0.15, 0.2) is 0 Å². The first-order valence-corrected chi connectivity index (χ1v) is 9.26. The second-order valence-corrected chi connectivity index (χ2v) is 7.00. The Balaban J connectivity index is 1.35. The number of amides is 1. The molecule has 0 bridgehead atoms. The Hall–Kier alpha value is -3.42. The van der Waals surface area contributed by atoms with E-state index in [1.165, 1.54) is 4.68 Å². The van der Waals surface area contributed by atoms with Crippen LogP contribution in [-0.2, 0) is 7.05 Å². The standard InChI is InChI=1S/C20H22N6O2/c1-25-18(27)10-17(12-24-25)26-8-5-14(13-26)11-23-20(28)16-4-2-3-15(9-16)19-21-6-7-22-19/h2-4,6-7,9-10,12,14H,5,8,11,13H2,1H3,(H,21,22)(H,23,28). The molecule has 3 aromatic rings. The number of anilines is 1. The molecule has 2 aromatic heterocycles. The van der Waals surface area contributed by atoms with Crippen LogP contribution in [0.25, 0.3) is 11.4 Å². The van der Waals surface area contributed by atoms with Gasteiger partial charge in [-0.15, -0.1) is 0 Å². The highest BCUT2D eigenvalue weighted by Crippen LogP contribution is 2.22. The summed E-state index contributed by atoms with van der Waals surface area (Å²) in [5.74, 6) is 0.979. The number of hydrogen-bond donors (Lipinski definition) is 2.